The van der Waals surface area contributed by atoms with Crippen LogP contribution in [0, 0.1) is 11.8 Å². The molecule has 0 aliphatic carbocycles. The molecule has 320 valence electrons. The minimum atomic E-state index is -0.758. The van der Waals surface area contributed by atoms with Crippen LogP contribution in [-0.2, 0) is 28.6 Å². The smallest absolute Gasteiger partial charge is 0.306 e. The van der Waals surface area contributed by atoms with E-state index in [0.717, 1.165) is 76.0 Å². The normalized spacial score (nSPS) is 12.6. The van der Waals surface area contributed by atoms with Crippen molar-refractivity contribution in [3.8, 4) is 0 Å². The fraction of sp³-hybridized carbons (Fsp3) is 0.938. The zero-order chi connectivity index (χ0) is 39.7. The van der Waals surface area contributed by atoms with Gasteiger partial charge in [-0.1, -0.05) is 221 Å². The Kier molecular flexibility index (Phi) is 39.8. The highest BCUT2D eigenvalue weighted by Gasteiger charge is 2.19. The van der Waals surface area contributed by atoms with Crippen molar-refractivity contribution in [2.75, 3.05) is 13.2 Å². The summed E-state index contributed by atoms with van der Waals surface area (Å²) in [7, 11) is 0. The lowest BCUT2D eigenvalue weighted by Crippen LogP contribution is -2.30. The molecule has 0 spiro atoms. The number of esters is 3. The third kappa shape index (κ3) is 40.1. The van der Waals surface area contributed by atoms with Gasteiger partial charge in [-0.25, -0.2) is 0 Å². The monoisotopic (exact) mass is 765 g/mol. The summed E-state index contributed by atoms with van der Waals surface area (Å²) in [6.45, 7) is 11.3. The van der Waals surface area contributed by atoms with Crippen LogP contribution in [0.4, 0.5) is 0 Å². The Morgan fingerprint density at radius 3 is 1.06 bits per heavy atom. The van der Waals surface area contributed by atoms with Crippen molar-refractivity contribution in [2.24, 2.45) is 11.8 Å². The average Bonchev–Trinajstić information content (AvgIpc) is 3.15. The fourth-order valence-corrected chi connectivity index (χ4v) is 7.07. The Morgan fingerprint density at radius 1 is 0.389 bits per heavy atom. The van der Waals surface area contributed by atoms with Gasteiger partial charge in [0.2, 0.25) is 0 Å². The summed E-state index contributed by atoms with van der Waals surface area (Å²) in [5.41, 5.74) is 0. The first-order valence-corrected chi connectivity index (χ1v) is 23.8. The standard InChI is InChI=1S/C48H92O6/c1-6-8-9-26-35-40-48(51)54-45(42-53-47(50)39-34-30-25-21-17-16-18-22-27-31-36-43(3)4)41-52-46(49)38-33-29-24-20-15-13-11-10-12-14-19-23-28-32-37-44(5)7-2/h43-45H,6-42H2,1-5H3/t44?,45-/m0/s1. The second kappa shape index (κ2) is 41.1. The predicted octanol–water partition coefficient (Wildman–Crippen LogP) is 15.0. The molecule has 0 fully saturated rings. The second-order valence-corrected chi connectivity index (χ2v) is 17.1. The molecule has 0 rings (SSSR count). The summed E-state index contributed by atoms with van der Waals surface area (Å²) in [6, 6.07) is 0. The first-order valence-electron chi connectivity index (χ1n) is 23.8. The van der Waals surface area contributed by atoms with E-state index in [0.29, 0.717) is 19.3 Å². The zero-order valence-corrected chi connectivity index (χ0v) is 36.8. The van der Waals surface area contributed by atoms with Crippen molar-refractivity contribution < 1.29 is 28.6 Å². The van der Waals surface area contributed by atoms with Gasteiger partial charge in [0.15, 0.2) is 6.10 Å². The molecule has 0 saturated carbocycles. The van der Waals surface area contributed by atoms with E-state index in [4.69, 9.17) is 14.2 Å². The van der Waals surface area contributed by atoms with E-state index in [1.165, 1.54) is 141 Å². The third-order valence-corrected chi connectivity index (χ3v) is 11.1. The molecular weight excluding hydrogens is 673 g/mol. The molecule has 0 aliphatic heterocycles. The second-order valence-electron chi connectivity index (χ2n) is 17.1. The lowest BCUT2D eigenvalue weighted by Gasteiger charge is -2.18. The third-order valence-electron chi connectivity index (χ3n) is 11.1. The van der Waals surface area contributed by atoms with Gasteiger partial charge in [-0.3, -0.25) is 14.4 Å². The highest BCUT2D eigenvalue weighted by Crippen LogP contribution is 2.17. The van der Waals surface area contributed by atoms with Crippen molar-refractivity contribution in [2.45, 2.75) is 265 Å². The molecule has 0 radical (unpaired) electrons. The SMILES string of the molecule is CCCCCCCC(=O)O[C@@H](COC(=O)CCCCCCCCCCCCCCCCC(C)CC)COC(=O)CCCCCCCCCCCCC(C)C. The maximum atomic E-state index is 12.5. The molecule has 54 heavy (non-hydrogen) atoms. The number of carbonyl (C=O) groups excluding carboxylic acids is 3. The van der Waals surface area contributed by atoms with Gasteiger partial charge >= 0.3 is 17.9 Å². The van der Waals surface area contributed by atoms with Gasteiger partial charge in [0, 0.05) is 19.3 Å². The summed E-state index contributed by atoms with van der Waals surface area (Å²) >= 11 is 0. The molecule has 0 N–H and O–H groups in total. The molecular formula is C48H92O6. The first-order chi connectivity index (χ1) is 26.3. The molecule has 0 saturated heterocycles. The highest BCUT2D eigenvalue weighted by molar-refractivity contribution is 5.71. The van der Waals surface area contributed by atoms with E-state index in [1.807, 2.05) is 0 Å². The molecule has 1 unspecified atom stereocenters. The van der Waals surface area contributed by atoms with Crippen molar-refractivity contribution in [1.29, 1.82) is 0 Å². The van der Waals surface area contributed by atoms with Crippen LogP contribution in [0.2, 0.25) is 0 Å². The highest BCUT2D eigenvalue weighted by atomic mass is 16.6. The van der Waals surface area contributed by atoms with Crippen molar-refractivity contribution in [3.05, 3.63) is 0 Å². The van der Waals surface area contributed by atoms with Crippen molar-refractivity contribution >= 4 is 17.9 Å². The molecule has 0 aromatic heterocycles. The van der Waals surface area contributed by atoms with Crippen LogP contribution in [0.5, 0.6) is 0 Å². The average molecular weight is 765 g/mol. The lowest BCUT2D eigenvalue weighted by atomic mass is 9.99. The Balaban J connectivity index is 4.10. The molecule has 6 nitrogen and oxygen atoms in total. The van der Waals surface area contributed by atoms with Crippen molar-refractivity contribution in [1.82, 2.24) is 0 Å². The number of carbonyl (C=O) groups is 3. The topological polar surface area (TPSA) is 78.9 Å². The summed E-state index contributed by atoms with van der Waals surface area (Å²) in [5, 5.41) is 0. The lowest BCUT2D eigenvalue weighted by molar-refractivity contribution is -0.167. The first kappa shape index (κ1) is 52.4. The van der Waals surface area contributed by atoms with Crippen LogP contribution >= 0.6 is 0 Å². The minimum absolute atomic E-state index is 0.0658. The minimum Gasteiger partial charge on any atom is -0.462 e. The maximum absolute atomic E-state index is 12.5. The molecule has 0 aliphatic rings. The Morgan fingerprint density at radius 2 is 0.704 bits per heavy atom. The number of ether oxygens (including phenoxy) is 3. The molecule has 0 aromatic rings. The fourth-order valence-electron chi connectivity index (χ4n) is 7.07. The molecule has 0 aromatic carbocycles. The van der Waals surface area contributed by atoms with Gasteiger partial charge < -0.3 is 14.2 Å². The van der Waals surface area contributed by atoms with Crippen LogP contribution in [0.3, 0.4) is 0 Å². The van der Waals surface area contributed by atoms with Gasteiger partial charge in [-0.15, -0.1) is 0 Å². The quantitative estimate of drug-likeness (QED) is 0.0350. The summed E-state index contributed by atoms with van der Waals surface area (Å²) in [5.74, 6) is 0.845. The van der Waals surface area contributed by atoms with Crippen LogP contribution < -0.4 is 0 Å². The largest absolute Gasteiger partial charge is 0.462 e. The van der Waals surface area contributed by atoms with Crippen LogP contribution in [0.25, 0.3) is 0 Å². The van der Waals surface area contributed by atoms with Crippen LogP contribution in [0.15, 0.2) is 0 Å². The summed E-state index contributed by atoms with van der Waals surface area (Å²) in [6.07, 6.45) is 39.7. The summed E-state index contributed by atoms with van der Waals surface area (Å²) in [4.78, 5) is 37.5. The Labute approximate surface area is 336 Å². The van der Waals surface area contributed by atoms with Crippen molar-refractivity contribution in [3.63, 3.8) is 0 Å². The van der Waals surface area contributed by atoms with Gasteiger partial charge in [-0.2, -0.15) is 0 Å². The molecule has 0 bridgehead atoms. The number of rotatable bonds is 42. The van der Waals surface area contributed by atoms with Gasteiger partial charge in [0.25, 0.3) is 0 Å². The van der Waals surface area contributed by atoms with Gasteiger partial charge in [0.05, 0.1) is 0 Å². The number of hydrogen-bond acceptors (Lipinski definition) is 6. The molecule has 2 atom stereocenters. The van der Waals surface area contributed by atoms with Crippen LogP contribution in [0.1, 0.15) is 259 Å². The van der Waals surface area contributed by atoms with E-state index < -0.39 is 6.10 Å². The van der Waals surface area contributed by atoms with E-state index in [-0.39, 0.29) is 31.1 Å². The van der Waals surface area contributed by atoms with E-state index in [9.17, 15) is 14.4 Å². The van der Waals surface area contributed by atoms with Gasteiger partial charge in [-0.05, 0) is 31.1 Å². The Bertz CT molecular complexity index is 826. The predicted molar refractivity (Wildman–Crippen MR) is 229 cm³/mol. The van der Waals surface area contributed by atoms with Crippen LogP contribution in [-0.4, -0.2) is 37.2 Å². The molecule has 6 heteroatoms. The maximum Gasteiger partial charge on any atom is 0.306 e. The summed E-state index contributed by atoms with van der Waals surface area (Å²) < 4.78 is 16.6. The van der Waals surface area contributed by atoms with E-state index in [2.05, 4.69) is 34.6 Å². The molecule has 0 heterocycles. The number of unbranched alkanes of at least 4 members (excludes halogenated alkanes) is 26. The Hall–Kier alpha value is -1.59. The number of hydrogen-bond donors (Lipinski definition) is 0. The van der Waals surface area contributed by atoms with E-state index >= 15 is 0 Å². The molecule has 0 amide bonds. The van der Waals surface area contributed by atoms with Gasteiger partial charge in [0.1, 0.15) is 13.2 Å². The zero-order valence-electron chi connectivity index (χ0n) is 36.8. The van der Waals surface area contributed by atoms with E-state index in [1.54, 1.807) is 0 Å².